The van der Waals surface area contributed by atoms with E-state index in [1.54, 1.807) is 0 Å². The Balaban J connectivity index is 1.48. The number of aryl methyl sites for hydroxylation is 2. The molecule has 1 heterocycles. The molecule has 0 aliphatic carbocycles. The van der Waals surface area contributed by atoms with E-state index in [1.165, 1.54) is 0 Å². The predicted octanol–water partition coefficient (Wildman–Crippen LogP) is 6.52. The Bertz CT molecular complexity index is 1410. The first kappa shape index (κ1) is 18.1. The van der Waals surface area contributed by atoms with Crippen molar-refractivity contribution in [3.63, 3.8) is 0 Å². The van der Waals surface area contributed by atoms with Crippen LogP contribution in [0, 0.1) is 13.8 Å². The van der Waals surface area contributed by atoms with Crippen LogP contribution >= 0.6 is 0 Å². The highest BCUT2D eigenvalue weighted by atomic mass is 16.3. The normalized spacial score (nSPS) is 11.1. The van der Waals surface area contributed by atoms with Crippen molar-refractivity contribution in [1.82, 2.24) is 4.98 Å². The van der Waals surface area contributed by atoms with Gasteiger partial charge in [0, 0.05) is 16.8 Å². The average molecular weight is 392 g/mol. The lowest BCUT2D eigenvalue weighted by Gasteiger charge is -2.09. The number of hydrogen-bond donors (Lipinski definition) is 1. The van der Waals surface area contributed by atoms with E-state index in [-0.39, 0.29) is 5.91 Å². The van der Waals surface area contributed by atoms with Gasteiger partial charge in [0.2, 0.25) is 5.89 Å². The molecule has 0 aliphatic heterocycles. The number of oxazole rings is 1. The number of hydrogen-bond acceptors (Lipinski definition) is 3. The summed E-state index contributed by atoms with van der Waals surface area (Å²) >= 11 is 0. The third kappa shape index (κ3) is 3.22. The summed E-state index contributed by atoms with van der Waals surface area (Å²) in [7, 11) is 0. The van der Waals surface area contributed by atoms with Crippen molar-refractivity contribution in [2.24, 2.45) is 0 Å². The average Bonchev–Trinajstić information content (AvgIpc) is 3.18. The third-order valence-electron chi connectivity index (χ3n) is 5.22. The Morgan fingerprint density at radius 3 is 2.60 bits per heavy atom. The van der Waals surface area contributed by atoms with E-state index < -0.39 is 0 Å². The van der Waals surface area contributed by atoms with Gasteiger partial charge in [-0.05, 0) is 66.1 Å². The van der Waals surface area contributed by atoms with E-state index in [0.717, 1.165) is 38.6 Å². The Labute approximate surface area is 174 Å². The molecular weight excluding hydrogens is 372 g/mol. The van der Waals surface area contributed by atoms with Gasteiger partial charge in [-0.15, -0.1) is 0 Å². The van der Waals surface area contributed by atoms with Crippen LogP contribution < -0.4 is 5.32 Å². The summed E-state index contributed by atoms with van der Waals surface area (Å²) in [5, 5.41) is 4.97. The lowest BCUT2D eigenvalue weighted by atomic mass is 10.0. The van der Waals surface area contributed by atoms with Crippen molar-refractivity contribution >= 4 is 33.5 Å². The number of amides is 1. The molecular formula is C26H20N2O2. The van der Waals surface area contributed by atoms with Gasteiger partial charge >= 0.3 is 0 Å². The van der Waals surface area contributed by atoms with E-state index in [2.05, 4.69) is 16.4 Å². The molecule has 4 nitrogen and oxygen atoms in total. The second kappa shape index (κ2) is 7.16. The predicted molar refractivity (Wildman–Crippen MR) is 121 cm³/mol. The van der Waals surface area contributed by atoms with Crippen molar-refractivity contribution < 1.29 is 9.21 Å². The van der Waals surface area contributed by atoms with E-state index in [0.29, 0.717) is 17.1 Å². The minimum atomic E-state index is -0.145. The van der Waals surface area contributed by atoms with Crippen LogP contribution in [0.2, 0.25) is 0 Å². The molecule has 0 atom stereocenters. The Kier molecular flexibility index (Phi) is 4.32. The summed E-state index contributed by atoms with van der Waals surface area (Å²) in [4.78, 5) is 17.6. The molecule has 0 aliphatic rings. The molecule has 1 amide bonds. The van der Waals surface area contributed by atoms with Crippen molar-refractivity contribution in [2.45, 2.75) is 13.8 Å². The molecule has 5 aromatic rings. The highest BCUT2D eigenvalue weighted by Crippen LogP contribution is 2.29. The zero-order valence-electron chi connectivity index (χ0n) is 16.8. The molecule has 0 saturated heterocycles. The van der Waals surface area contributed by atoms with Crippen LogP contribution in [0.1, 0.15) is 21.5 Å². The summed E-state index contributed by atoms with van der Waals surface area (Å²) in [6, 6.07) is 25.3. The third-order valence-corrected chi connectivity index (χ3v) is 5.22. The molecule has 4 aromatic carbocycles. The van der Waals surface area contributed by atoms with Crippen LogP contribution in [0.3, 0.4) is 0 Å². The van der Waals surface area contributed by atoms with Gasteiger partial charge in [0.05, 0.1) is 0 Å². The highest BCUT2D eigenvalue weighted by molar-refractivity contribution is 6.13. The minimum Gasteiger partial charge on any atom is -0.436 e. The van der Waals surface area contributed by atoms with Gasteiger partial charge in [-0.3, -0.25) is 4.79 Å². The maximum absolute atomic E-state index is 12.9. The topological polar surface area (TPSA) is 55.1 Å². The van der Waals surface area contributed by atoms with Crippen molar-refractivity contribution in [3.8, 4) is 11.5 Å². The highest BCUT2D eigenvalue weighted by Gasteiger charge is 2.13. The molecule has 1 aromatic heterocycles. The smallest absolute Gasteiger partial charge is 0.256 e. The zero-order valence-corrected chi connectivity index (χ0v) is 16.8. The molecule has 30 heavy (non-hydrogen) atoms. The number of nitrogens with one attached hydrogen (secondary N) is 1. The van der Waals surface area contributed by atoms with Crippen LogP contribution in [0.5, 0.6) is 0 Å². The van der Waals surface area contributed by atoms with Gasteiger partial charge in [-0.2, -0.15) is 0 Å². The summed E-state index contributed by atoms with van der Waals surface area (Å²) in [6.07, 6.45) is 0. The fraction of sp³-hybridized carbons (Fsp3) is 0.0769. The molecule has 5 rings (SSSR count). The zero-order chi connectivity index (χ0) is 20.7. The van der Waals surface area contributed by atoms with E-state index in [1.807, 2.05) is 86.6 Å². The summed E-state index contributed by atoms with van der Waals surface area (Å²) < 4.78 is 6.02. The number of fused-ring (bicyclic) bond motifs is 2. The number of benzene rings is 4. The first-order chi connectivity index (χ1) is 14.6. The first-order valence-electron chi connectivity index (χ1n) is 9.86. The van der Waals surface area contributed by atoms with E-state index in [9.17, 15) is 4.79 Å². The van der Waals surface area contributed by atoms with E-state index >= 15 is 0 Å². The summed E-state index contributed by atoms with van der Waals surface area (Å²) in [5.41, 5.74) is 6.00. The van der Waals surface area contributed by atoms with Crippen LogP contribution in [0.25, 0.3) is 33.3 Å². The molecule has 1 N–H and O–H groups in total. The quantitative estimate of drug-likeness (QED) is 0.380. The molecule has 0 spiro atoms. The maximum Gasteiger partial charge on any atom is 0.256 e. The number of aromatic nitrogens is 1. The summed E-state index contributed by atoms with van der Waals surface area (Å²) in [5.74, 6) is 0.396. The first-order valence-corrected chi connectivity index (χ1v) is 9.86. The lowest BCUT2D eigenvalue weighted by molar-refractivity contribution is 0.102. The number of anilines is 1. The summed E-state index contributed by atoms with van der Waals surface area (Å²) in [6.45, 7) is 4.06. The Morgan fingerprint density at radius 2 is 1.70 bits per heavy atom. The van der Waals surface area contributed by atoms with Crippen LogP contribution in [0.4, 0.5) is 5.69 Å². The van der Waals surface area contributed by atoms with Gasteiger partial charge in [0.1, 0.15) is 5.52 Å². The second-order valence-electron chi connectivity index (χ2n) is 7.51. The molecule has 0 unspecified atom stereocenters. The molecule has 0 saturated carbocycles. The molecule has 0 fully saturated rings. The molecule has 146 valence electrons. The number of carbonyl (C=O) groups excluding carboxylic acids is 1. The largest absolute Gasteiger partial charge is 0.436 e. The van der Waals surface area contributed by atoms with Crippen molar-refractivity contribution in [3.05, 3.63) is 95.6 Å². The Hall–Kier alpha value is -3.92. The fourth-order valence-electron chi connectivity index (χ4n) is 3.85. The van der Waals surface area contributed by atoms with Gasteiger partial charge in [0.15, 0.2) is 5.58 Å². The van der Waals surface area contributed by atoms with Crippen molar-refractivity contribution in [2.75, 3.05) is 5.32 Å². The molecule has 0 radical (unpaired) electrons. The van der Waals surface area contributed by atoms with Crippen molar-refractivity contribution in [1.29, 1.82) is 0 Å². The number of rotatable bonds is 3. The van der Waals surface area contributed by atoms with Gasteiger partial charge < -0.3 is 9.73 Å². The number of carbonyl (C=O) groups is 1. The maximum atomic E-state index is 12.9. The van der Waals surface area contributed by atoms with Crippen LogP contribution in [-0.4, -0.2) is 10.9 Å². The molecule has 4 heteroatoms. The fourth-order valence-corrected chi connectivity index (χ4v) is 3.85. The standard InChI is InChI=1S/C26H20N2O2/c1-16-13-17(2)24-23(14-16)28-26(30-24)19-9-5-10-20(15-19)27-25(29)22-12-6-8-18-7-3-4-11-21(18)22/h3-15H,1-2H3,(H,27,29). The van der Waals surface area contributed by atoms with Gasteiger partial charge in [0.25, 0.3) is 5.91 Å². The monoisotopic (exact) mass is 392 g/mol. The van der Waals surface area contributed by atoms with Gasteiger partial charge in [-0.25, -0.2) is 4.98 Å². The molecule has 0 bridgehead atoms. The van der Waals surface area contributed by atoms with Crippen LogP contribution in [0.15, 0.2) is 83.3 Å². The lowest BCUT2D eigenvalue weighted by Crippen LogP contribution is -2.12. The number of nitrogens with zero attached hydrogens (tertiary/aromatic N) is 1. The Morgan fingerprint density at radius 1 is 0.900 bits per heavy atom. The van der Waals surface area contributed by atoms with Gasteiger partial charge in [-0.1, -0.05) is 48.5 Å². The van der Waals surface area contributed by atoms with E-state index in [4.69, 9.17) is 4.42 Å². The second-order valence-corrected chi connectivity index (χ2v) is 7.51. The SMILES string of the molecule is Cc1cc(C)c2oc(-c3cccc(NC(=O)c4cccc5ccccc45)c3)nc2c1. The van der Waals surface area contributed by atoms with Crippen LogP contribution in [-0.2, 0) is 0 Å². The minimum absolute atomic E-state index is 0.145.